The Labute approximate surface area is 215 Å². The van der Waals surface area contributed by atoms with Crippen LogP contribution in [0.15, 0.2) is 60.0 Å². The molecule has 2 heterocycles. The van der Waals surface area contributed by atoms with E-state index in [2.05, 4.69) is 0 Å². The normalized spacial score (nSPS) is 14.9. The van der Waals surface area contributed by atoms with E-state index in [4.69, 9.17) is 9.47 Å². The van der Waals surface area contributed by atoms with Gasteiger partial charge in [0.1, 0.15) is 24.7 Å². The number of methoxy groups -OCH3 is 1. The number of nitrogens with zero attached hydrogens (tertiary/aromatic N) is 2. The van der Waals surface area contributed by atoms with Crippen LogP contribution < -0.4 is 4.74 Å². The van der Waals surface area contributed by atoms with Gasteiger partial charge in [-0.25, -0.2) is 4.39 Å². The molecule has 1 aromatic heterocycles. The lowest BCUT2D eigenvalue weighted by Gasteiger charge is -2.37. The maximum absolute atomic E-state index is 13.7. The first-order chi connectivity index (χ1) is 17.5. The molecule has 6 nitrogen and oxygen atoms in total. The molecule has 0 radical (unpaired) electrons. The summed E-state index contributed by atoms with van der Waals surface area (Å²) in [5.74, 6) is -0.264. The van der Waals surface area contributed by atoms with E-state index in [1.807, 2.05) is 36.6 Å². The second-order valence-corrected chi connectivity index (χ2v) is 9.81. The number of carbonyl (C=O) groups is 2. The molecule has 0 aliphatic carbocycles. The van der Waals surface area contributed by atoms with Crippen molar-refractivity contribution >= 4 is 23.2 Å². The molecule has 0 saturated carbocycles. The van der Waals surface area contributed by atoms with E-state index in [9.17, 15) is 14.0 Å². The first-order valence-corrected chi connectivity index (χ1v) is 12.9. The Kier molecular flexibility index (Phi) is 8.72. The number of hydrogen-bond acceptors (Lipinski definition) is 5. The standard InChI is InChI=1S/C28H31FN2O4S/c1-20-7-3-4-10-23(20)28(33)30(13-6-15-34-2)18-27(32)31-14-11-26-24(12-16-36-26)25(31)19-35-22-9-5-8-21(29)17-22/h3-5,7-10,12,16-17,25H,6,11,13-15,18-19H2,1-2H3/t25-/m1/s1. The van der Waals surface area contributed by atoms with Crippen molar-refractivity contribution in [2.45, 2.75) is 25.8 Å². The van der Waals surface area contributed by atoms with Crippen LogP contribution in [0.4, 0.5) is 4.39 Å². The van der Waals surface area contributed by atoms with Crippen molar-refractivity contribution in [3.8, 4) is 5.75 Å². The van der Waals surface area contributed by atoms with Crippen LogP contribution >= 0.6 is 11.3 Å². The lowest BCUT2D eigenvalue weighted by molar-refractivity contribution is -0.135. The van der Waals surface area contributed by atoms with Gasteiger partial charge in [-0.2, -0.15) is 0 Å². The summed E-state index contributed by atoms with van der Waals surface area (Å²) in [4.78, 5) is 31.7. The lowest BCUT2D eigenvalue weighted by atomic mass is 10.00. The topological polar surface area (TPSA) is 59.1 Å². The fraction of sp³-hybridized carbons (Fsp3) is 0.357. The number of amides is 2. The van der Waals surface area contributed by atoms with Crippen LogP contribution in [0.5, 0.6) is 5.75 Å². The predicted molar refractivity (Wildman–Crippen MR) is 138 cm³/mol. The van der Waals surface area contributed by atoms with Crippen LogP contribution in [0, 0.1) is 12.7 Å². The van der Waals surface area contributed by atoms with E-state index in [0.29, 0.717) is 37.4 Å². The van der Waals surface area contributed by atoms with Crippen molar-refractivity contribution in [2.75, 3.05) is 40.0 Å². The van der Waals surface area contributed by atoms with E-state index in [1.54, 1.807) is 46.4 Å². The van der Waals surface area contributed by atoms with Crippen LogP contribution in [-0.2, 0) is 16.0 Å². The molecule has 4 rings (SSSR count). The summed E-state index contributed by atoms with van der Waals surface area (Å²) >= 11 is 1.67. The molecule has 190 valence electrons. The minimum absolute atomic E-state index is 0.0349. The van der Waals surface area contributed by atoms with Crippen LogP contribution in [-0.4, -0.2) is 61.6 Å². The van der Waals surface area contributed by atoms with Gasteiger partial charge in [0, 0.05) is 43.3 Å². The average molecular weight is 511 g/mol. The van der Waals surface area contributed by atoms with E-state index < -0.39 is 0 Å². The molecule has 0 saturated heterocycles. The first-order valence-electron chi connectivity index (χ1n) is 12.1. The highest BCUT2D eigenvalue weighted by atomic mass is 32.1. The molecular formula is C28H31FN2O4S. The minimum Gasteiger partial charge on any atom is -0.491 e. The van der Waals surface area contributed by atoms with Gasteiger partial charge in [0.15, 0.2) is 0 Å². The predicted octanol–water partition coefficient (Wildman–Crippen LogP) is 4.88. The quantitative estimate of drug-likeness (QED) is 0.365. The zero-order valence-electron chi connectivity index (χ0n) is 20.6. The molecule has 2 amide bonds. The van der Waals surface area contributed by atoms with Gasteiger partial charge >= 0.3 is 0 Å². The zero-order chi connectivity index (χ0) is 25.5. The Bertz CT molecular complexity index is 1200. The van der Waals surface area contributed by atoms with Gasteiger partial charge in [-0.05, 0) is 60.5 Å². The minimum atomic E-state index is -0.373. The van der Waals surface area contributed by atoms with Gasteiger partial charge in [0.25, 0.3) is 5.91 Å². The Morgan fingerprint density at radius 2 is 2.00 bits per heavy atom. The molecule has 1 aliphatic heterocycles. The second-order valence-electron chi connectivity index (χ2n) is 8.81. The molecule has 0 unspecified atom stereocenters. The van der Waals surface area contributed by atoms with E-state index in [0.717, 1.165) is 17.5 Å². The summed E-state index contributed by atoms with van der Waals surface area (Å²) in [7, 11) is 1.62. The molecule has 3 aromatic rings. The molecule has 1 aliphatic rings. The molecular weight excluding hydrogens is 479 g/mol. The summed E-state index contributed by atoms with van der Waals surface area (Å²) in [6.45, 7) is 3.51. The molecule has 2 aromatic carbocycles. The van der Waals surface area contributed by atoms with E-state index in [-0.39, 0.29) is 36.8 Å². The molecule has 0 bridgehead atoms. The lowest BCUT2D eigenvalue weighted by Crippen LogP contribution is -2.48. The maximum atomic E-state index is 13.7. The number of aryl methyl sites for hydroxylation is 1. The van der Waals surface area contributed by atoms with Gasteiger partial charge in [-0.15, -0.1) is 11.3 Å². The molecule has 8 heteroatoms. The zero-order valence-corrected chi connectivity index (χ0v) is 21.4. The van der Waals surface area contributed by atoms with Gasteiger partial charge in [0.2, 0.25) is 5.91 Å². The first kappa shape index (κ1) is 25.9. The number of halogens is 1. The van der Waals surface area contributed by atoms with Crippen LogP contribution in [0.2, 0.25) is 0 Å². The summed E-state index contributed by atoms with van der Waals surface area (Å²) in [5, 5.41) is 2.02. The smallest absolute Gasteiger partial charge is 0.254 e. The highest BCUT2D eigenvalue weighted by molar-refractivity contribution is 7.10. The summed E-state index contributed by atoms with van der Waals surface area (Å²) < 4.78 is 24.8. The Balaban J connectivity index is 1.53. The van der Waals surface area contributed by atoms with Crippen molar-refractivity contribution in [1.82, 2.24) is 9.80 Å². The van der Waals surface area contributed by atoms with Crippen molar-refractivity contribution in [1.29, 1.82) is 0 Å². The number of hydrogen-bond donors (Lipinski definition) is 0. The van der Waals surface area contributed by atoms with E-state index in [1.165, 1.54) is 17.0 Å². The largest absolute Gasteiger partial charge is 0.491 e. The maximum Gasteiger partial charge on any atom is 0.254 e. The third-order valence-electron chi connectivity index (χ3n) is 6.38. The number of thiophene rings is 1. The third-order valence-corrected chi connectivity index (χ3v) is 7.38. The summed E-state index contributed by atoms with van der Waals surface area (Å²) in [6, 6.07) is 15.1. The number of benzene rings is 2. The monoisotopic (exact) mass is 510 g/mol. The molecule has 0 N–H and O–H groups in total. The highest BCUT2D eigenvalue weighted by Crippen LogP contribution is 2.34. The molecule has 36 heavy (non-hydrogen) atoms. The van der Waals surface area contributed by atoms with Gasteiger partial charge < -0.3 is 19.3 Å². The fourth-order valence-electron chi connectivity index (χ4n) is 4.50. The second kappa shape index (κ2) is 12.1. The van der Waals surface area contributed by atoms with Gasteiger partial charge in [-0.3, -0.25) is 9.59 Å². The SMILES string of the molecule is COCCCN(CC(=O)N1CCc2sccc2[C@H]1COc1cccc(F)c1)C(=O)c1ccccc1C. The van der Waals surface area contributed by atoms with Crippen molar-refractivity contribution < 1.29 is 23.5 Å². The molecule has 0 fully saturated rings. The summed E-state index contributed by atoms with van der Waals surface area (Å²) in [6.07, 6.45) is 1.38. The number of ether oxygens (including phenoxy) is 2. The van der Waals surface area contributed by atoms with Crippen LogP contribution in [0.1, 0.15) is 38.8 Å². The number of rotatable bonds is 10. The van der Waals surface area contributed by atoms with Crippen molar-refractivity contribution in [2.24, 2.45) is 0 Å². The van der Waals surface area contributed by atoms with Gasteiger partial charge in [0.05, 0.1) is 6.04 Å². The number of fused-ring (bicyclic) bond motifs is 1. The molecule has 0 spiro atoms. The van der Waals surface area contributed by atoms with Crippen LogP contribution in [0.25, 0.3) is 0 Å². The van der Waals surface area contributed by atoms with E-state index >= 15 is 0 Å². The third kappa shape index (κ3) is 6.12. The highest BCUT2D eigenvalue weighted by Gasteiger charge is 2.33. The van der Waals surface area contributed by atoms with Crippen molar-refractivity contribution in [3.63, 3.8) is 0 Å². The Morgan fingerprint density at radius 3 is 2.78 bits per heavy atom. The fourth-order valence-corrected chi connectivity index (χ4v) is 5.42. The number of carbonyl (C=O) groups excluding carboxylic acids is 2. The van der Waals surface area contributed by atoms with Gasteiger partial charge in [-0.1, -0.05) is 24.3 Å². The Hall–Kier alpha value is -3.23. The Morgan fingerprint density at radius 1 is 1.17 bits per heavy atom. The summed E-state index contributed by atoms with van der Waals surface area (Å²) in [5.41, 5.74) is 2.51. The average Bonchev–Trinajstić information content (AvgIpc) is 3.36. The van der Waals surface area contributed by atoms with Crippen LogP contribution in [0.3, 0.4) is 0 Å². The van der Waals surface area contributed by atoms with Crippen molar-refractivity contribution in [3.05, 3.63) is 87.4 Å². The molecule has 1 atom stereocenters.